The van der Waals surface area contributed by atoms with Crippen molar-refractivity contribution in [3.05, 3.63) is 34.9 Å². The van der Waals surface area contributed by atoms with Crippen LogP contribution in [0.4, 0.5) is 0 Å². The summed E-state index contributed by atoms with van der Waals surface area (Å²) in [4.78, 5) is 41.5. The van der Waals surface area contributed by atoms with Crippen molar-refractivity contribution in [3.8, 4) is 5.88 Å². The number of hydrogen-bond acceptors (Lipinski definition) is 6. The van der Waals surface area contributed by atoms with E-state index in [9.17, 15) is 14.4 Å². The number of hydrogen-bond donors (Lipinski definition) is 0. The summed E-state index contributed by atoms with van der Waals surface area (Å²) in [6, 6.07) is 0. The number of carbonyl (C=O) groups is 2. The van der Waals surface area contributed by atoms with Crippen molar-refractivity contribution in [2.75, 3.05) is 0 Å². The fraction of sp³-hybridized carbons (Fsp3) is 0. The average Bonchev–Trinajstić information content (AvgIpc) is 2.24. The lowest BCUT2D eigenvalue weighted by molar-refractivity contribution is -0.138. The monoisotopic (exact) mass is 208 g/mol. The summed E-state index contributed by atoms with van der Waals surface area (Å²) in [5, 5.41) is 0. The molecule has 2 rings (SSSR count). The molecule has 0 aliphatic carbocycles. The number of rotatable bonds is 0. The molecule has 2 bridgehead atoms. The minimum absolute atomic E-state index is 0.443. The van der Waals surface area contributed by atoms with E-state index >= 15 is 0 Å². The molecule has 1 aromatic heterocycles. The highest BCUT2D eigenvalue weighted by atomic mass is 16.7. The number of nitrogens with zero attached hydrogens (tertiary/aromatic N) is 2. The summed E-state index contributed by atoms with van der Waals surface area (Å²) in [7, 11) is 0. The van der Waals surface area contributed by atoms with Gasteiger partial charge in [-0.05, 0) is 0 Å². The van der Waals surface area contributed by atoms with Gasteiger partial charge in [-0.3, -0.25) is 4.79 Å². The molecule has 2 heterocycles. The van der Waals surface area contributed by atoms with Crippen molar-refractivity contribution in [2.24, 2.45) is 0 Å². The molecule has 0 radical (unpaired) electrons. The maximum Gasteiger partial charge on any atom is 0.356 e. The number of ether oxygens (including phenoxy) is 1. The van der Waals surface area contributed by atoms with Crippen LogP contribution in [0.25, 0.3) is 0 Å². The molecular formula is C8H4N2O5. The van der Waals surface area contributed by atoms with Crippen molar-refractivity contribution in [1.82, 2.24) is 9.71 Å². The van der Waals surface area contributed by atoms with Crippen LogP contribution in [0.2, 0.25) is 0 Å². The van der Waals surface area contributed by atoms with E-state index < -0.39 is 23.4 Å². The quantitative estimate of drug-likeness (QED) is 0.491. The summed E-state index contributed by atoms with van der Waals surface area (Å²) in [5.41, 5.74) is -0.817. The highest BCUT2D eigenvalue weighted by Crippen LogP contribution is 1.98. The average molecular weight is 208 g/mol. The second-order valence-corrected chi connectivity index (χ2v) is 2.53. The van der Waals surface area contributed by atoms with E-state index in [0.717, 1.165) is 18.3 Å². The van der Waals surface area contributed by atoms with Gasteiger partial charge in [-0.1, -0.05) is 0 Å². The smallest absolute Gasteiger partial charge is 0.356 e. The molecule has 7 heteroatoms. The van der Waals surface area contributed by atoms with Gasteiger partial charge in [0.2, 0.25) is 0 Å². The van der Waals surface area contributed by atoms with E-state index in [1.54, 1.807) is 0 Å². The normalized spacial score (nSPS) is 16.8. The number of fused-ring (bicyclic) bond motifs is 2. The van der Waals surface area contributed by atoms with Crippen LogP contribution in [0.15, 0.2) is 29.3 Å². The predicted molar refractivity (Wildman–Crippen MR) is 44.9 cm³/mol. The minimum Gasteiger partial charge on any atom is -0.398 e. The van der Waals surface area contributed by atoms with Crippen molar-refractivity contribution in [3.63, 3.8) is 0 Å². The molecular weight excluding hydrogens is 204 g/mol. The number of aromatic nitrogens is 2. The zero-order chi connectivity index (χ0) is 10.8. The molecule has 76 valence electrons. The summed E-state index contributed by atoms with van der Waals surface area (Å²) >= 11 is 0. The third-order valence-electron chi connectivity index (χ3n) is 1.52. The van der Waals surface area contributed by atoms with E-state index in [1.807, 2.05) is 0 Å². The maximum absolute atomic E-state index is 11.4. The Labute approximate surface area is 82.5 Å². The summed E-state index contributed by atoms with van der Waals surface area (Å²) in [5.74, 6) is -2.16. The zero-order valence-corrected chi connectivity index (χ0v) is 7.25. The molecule has 0 N–H and O–H groups in total. The fourth-order valence-corrected chi connectivity index (χ4v) is 0.913. The van der Waals surface area contributed by atoms with Gasteiger partial charge < -0.3 is 9.57 Å². The third-order valence-corrected chi connectivity index (χ3v) is 1.52. The van der Waals surface area contributed by atoms with Gasteiger partial charge in [0, 0.05) is 12.2 Å². The van der Waals surface area contributed by atoms with Crippen molar-refractivity contribution in [1.29, 1.82) is 0 Å². The molecule has 0 fully saturated rings. The molecule has 7 nitrogen and oxygen atoms in total. The van der Waals surface area contributed by atoms with Crippen LogP contribution in [-0.2, 0) is 9.59 Å². The molecule has 0 spiro atoms. The summed E-state index contributed by atoms with van der Waals surface area (Å²) in [6.45, 7) is 0. The Bertz CT molecular complexity index is 475. The summed E-state index contributed by atoms with van der Waals surface area (Å²) in [6.07, 6.45) is 4.00. The molecule has 0 amide bonds. The van der Waals surface area contributed by atoms with Gasteiger partial charge in [-0.25, -0.2) is 14.6 Å². The molecule has 0 aromatic carbocycles. The van der Waals surface area contributed by atoms with E-state index in [-0.39, 0.29) is 0 Å². The molecule has 0 atom stereocenters. The lowest BCUT2D eigenvalue weighted by Gasteiger charge is -2.02. The third kappa shape index (κ3) is 1.75. The van der Waals surface area contributed by atoms with Gasteiger partial charge in [-0.2, -0.15) is 0 Å². The van der Waals surface area contributed by atoms with Crippen LogP contribution in [0.3, 0.4) is 0 Å². The maximum atomic E-state index is 11.4. The predicted octanol–water partition coefficient (Wildman–Crippen LogP) is -1.33. The standard InChI is InChI=1S/C8H4N2O5/c11-5-1-2-6(12)15-10-4-3-9-7(14-5)8(10)13/h1-4H/b2-1-. The van der Waals surface area contributed by atoms with E-state index in [2.05, 4.69) is 14.6 Å². The van der Waals surface area contributed by atoms with Crippen molar-refractivity contribution in [2.45, 2.75) is 0 Å². The van der Waals surface area contributed by atoms with E-state index in [0.29, 0.717) is 4.73 Å². The SMILES string of the molecule is O=C1/C=C\C(=O)On2ccnc(c2=O)O1. The molecule has 0 saturated carbocycles. The van der Waals surface area contributed by atoms with Crippen LogP contribution in [0.5, 0.6) is 5.88 Å². The molecule has 1 aliphatic rings. The lowest BCUT2D eigenvalue weighted by atomic mass is 10.5. The van der Waals surface area contributed by atoms with Crippen molar-refractivity contribution >= 4 is 11.9 Å². The van der Waals surface area contributed by atoms with Crippen LogP contribution >= 0.6 is 0 Å². The molecule has 1 aliphatic heterocycles. The van der Waals surface area contributed by atoms with Gasteiger partial charge in [-0.15, -0.1) is 4.73 Å². The second-order valence-electron chi connectivity index (χ2n) is 2.53. The highest BCUT2D eigenvalue weighted by molar-refractivity contribution is 5.92. The van der Waals surface area contributed by atoms with Crippen LogP contribution in [-0.4, -0.2) is 21.7 Å². The first kappa shape index (κ1) is 9.13. The molecule has 1 aromatic rings. The first-order valence-corrected chi connectivity index (χ1v) is 3.86. The van der Waals surface area contributed by atoms with Gasteiger partial charge in [0.1, 0.15) is 0 Å². The van der Waals surface area contributed by atoms with E-state index in [4.69, 9.17) is 0 Å². The van der Waals surface area contributed by atoms with Gasteiger partial charge in [0.25, 0.3) is 5.88 Å². The topological polar surface area (TPSA) is 87.5 Å². The first-order valence-electron chi connectivity index (χ1n) is 3.86. The summed E-state index contributed by atoms with van der Waals surface area (Å²) < 4.78 is 5.18. The fourth-order valence-electron chi connectivity index (χ4n) is 0.913. The molecule has 0 saturated heterocycles. The zero-order valence-electron chi connectivity index (χ0n) is 7.25. The van der Waals surface area contributed by atoms with Crippen LogP contribution in [0.1, 0.15) is 0 Å². The number of esters is 1. The van der Waals surface area contributed by atoms with Gasteiger partial charge in [0.15, 0.2) is 0 Å². The Morgan fingerprint density at radius 3 is 2.67 bits per heavy atom. The Morgan fingerprint density at radius 1 is 1.13 bits per heavy atom. The van der Waals surface area contributed by atoms with Gasteiger partial charge >= 0.3 is 17.5 Å². The Morgan fingerprint density at radius 2 is 1.87 bits per heavy atom. The van der Waals surface area contributed by atoms with Crippen molar-refractivity contribution < 1.29 is 19.2 Å². The minimum atomic E-state index is -0.865. The second kappa shape index (κ2) is 3.37. The largest absolute Gasteiger partial charge is 0.398 e. The molecule has 15 heavy (non-hydrogen) atoms. The highest BCUT2D eigenvalue weighted by Gasteiger charge is 2.14. The lowest BCUT2D eigenvalue weighted by Crippen LogP contribution is -2.30. The first-order chi connectivity index (χ1) is 7.16. The van der Waals surface area contributed by atoms with E-state index in [1.165, 1.54) is 6.20 Å². The van der Waals surface area contributed by atoms with Crippen LogP contribution < -0.4 is 15.1 Å². The van der Waals surface area contributed by atoms with Crippen LogP contribution in [0, 0.1) is 0 Å². The Hall–Kier alpha value is -2.44. The van der Waals surface area contributed by atoms with Gasteiger partial charge in [0.05, 0.1) is 12.4 Å². The Kier molecular flexibility index (Phi) is 2.05. The Balaban J connectivity index is 2.58. The number of carbonyl (C=O) groups excluding carboxylic acids is 2. The molecule has 0 unspecified atom stereocenters.